The summed E-state index contributed by atoms with van der Waals surface area (Å²) in [4.78, 5) is 3.88. The number of rotatable bonds is 6. The third kappa shape index (κ3) is 3.89. The van der Waals surface area contributed by atoms with Crippen molar-refractivity contribution in [3.8, 4) is 16.9 Å². The van der Waals surface area contributed by atoms with Crippen LogP contribution < -0.4 is 9.46 Å². The van der Waals surface area contributed by atoms with E-state index in [1.165, 1.54) is 13.2 Å². The van der Waals surface area contributed by atoms with E-state index in [1.807, 2.05) is 12.3 Å². The molecule has 0 fully saturated rings. The van der Waals surface area contributed by atoms with E-state index >= 15 is 0 Å². The van der Waals surface area contributed by atoms with Gasteiger partial charge in [-0.15, -0.1) is 0 Å². The summed E-state index contributed by atoms with van der Waals surface area (Å²) in [6, 6.07) is 5.15. The van der Waals surface area contributed by atoms with Crippen LogP contribution in [0.3, 0.4) is 0 Å². The number of sulfonamides is 1. The summed E-state index contributed by atoms with van der Waals surface area (Å²) in [6.07, 6.45) is 6.76. The first-order chi connectivity index (χ1) is 12.4. The Labute approximate surface area is 150 Å². The zero-order valence-corrected chi connectivity index (χ0v) is 15.0. The topological polar surface area (TPSA) is 86.1 Å². The van der Waals surface area contributed by atoms with Crippen molar-refractivity contribution in [3.63, 3.8) is 0 Å². The van der Waals surface area contributed by atoms with Crippen molar-refractivity contribution in [2.75, 3.05) is 7.11 Å². The molecule has 0 bridgehead atoms. The number of methoxy groups -OCH3 is 1. The maximum Gasteiger partial charge on any atom is 0.244 e. The fraction of sp³-hybridized carbons (Fsp3) is 0.176. The van der Waals surface area contributed by atoms with E-state index in [2.05, 4.69) is 14.8 Å². The van der Waals surface area contributed by atoms with Crippen LogP contribution in [0.5, 0.6) is 5.75 Å². The van der Waals surface area contributed by atoms with E-state index in [0.29, 0.717) is 5.56 Å². The van der Waals surface area contributed by atoms with Gasteiger partial charge in [-0.3, -0.25) is 9.67 Å². The van der Waals surface area contributed by atoms with Crippen molar-refractivity contribution in [1.82, 2.24) is 19.5 Å². The maximum atomic E-state index is 13.5. The number of nitrogens with one attached hydrogen (secondary N) is 1. The summed E-state index contributed by atoms with van der Waals surface area (Å²) in [5.74, 6) is -0.590. The number of aryl methyl sites for hydroxylation is 1. The van der Waals surface area contributed by atoms with Crippen LogP contribution in [-0.2, 0) is 23.6 Å². The fourth-order valence-corrected chi connectivity index (χ4v) is 3.63. The quantitative estimate of drug-likeness (QED) is 0.712. The van der Waals surface area contributed by atoms with Gasteiger partial charge in [0.15, 0.2) is 0 Å². The Balaban J connectivity index is 1.81. The molecule has 0 atom stereocenters. The van der Waals surface area contributed by atoms with Gasteiger partial charge in [-0.25, -0.2) is 17.5 Å². The van der Waals surface area contributed by atoms with Crippen LogP contribution in [0.2, 0.25) is 0 Å². The lowest BCUT2D eigenvalue weighted by Crippen LogP contribution is -2.24. The molecular formula is C17H17FN4O3S. The largest absolute Gasteiger partial charge is 0.495 e. The second kappa shape index (κ2) is 7.22. The number of halogens is 1. The van der Waals surface area contributed by atoms with Crippen molar-refractivity contribution in [3.05, 3.63) is 60.4 Å². The molecule has 0 radical (unpaired) electrons. The second-order valence-electron chi connectivity index (χ2n) is 5.60. The van der Waals surface area contributed by atoms with Crippen molar-refractivity contribution in [1.29, 1.82) is 0 Å². The number of hydrogen-bond acceptors (Lipinski definition) is 5. The van der Waals surface area contributed by atoms with E-state index in [1.54, 1.807) is 30.3 Å². The number of hydrogen-bond donors (Lipinski definition) is 1. The highest BCUT2D eigenvalue weighted by molar-refractivity contribution is 7.89. The smallest absolute Gasteiger partial charge is 0.244 e. The average Bonchev–Trinajstić information content (AvgIpc) is 3.07. The average molecular weight is 376 g/mol. The third-order valence-electron chi connectivity index (χ3n) is 3.71. The Morgan fingerprint density at radius 1 is 1.19 bits per heavy atom. The van der Waals surface area contributed by atoms with Crippen LogP contribution in [0.1, 0.15) is 5.56 Å². The first-order valence-corrected chi connectivity index (χ1v) is 9.13. The van der Waals surface area contributed by atoms with Crippen LogP contribution in [0.4, 0.5) is 4.39 Å². The number of pyridine rings is 1. The number of aromatic nitrogens is 3. The van der Waals surface area contributed by atoms with Crippen molar-refractivity contribution >= 4 is 10.0 Å². The molecular weight excluding hydrogens is 359 g/mol. The zero-order valence-electron chi connectivity index (χ0n) is 14.2. The molecule has 1 N–H and O–H groups in total. The predicted octanol–water partition coefficient (Wildman–Crippen LogP) is 2.11. The van der Waals surface area contributed by atoms with Gasteiger partial charge < -0.3 is 4.74 Å². The van der Waals surface area contributed by atoms with Gasteiger partial charge in [0.25, 0.3) is 0 Å². The van der Waals surface area contributed by atoms with Gasteiger partial charge in [-0.1, -0.05) is 0 Å². The normalized spacial score (nSPS) is 11.5. The summed E-state index contributed by atoms with van der Waals surface area (Å²) < 4.78 is 47.6. The summed E-state index contributed by atoms with van der Waals surface area (Å²) >= 11 is 0. The van der Waals surface area contributed by atoms with E-state index in [-0.39, 0.29) is 17.2 Å². The lowest BCUT2D eigenvalue weighted by atomic mass is 10.1. The molecule has 0 unspecified atom stereocenters. The van der Waals surface area contributed by atoms with Gasteiger partial charge in [0.1, 0.15) is 16.5 Å². The molecule has 3 aromatic rings. The van der Waals surface area contributed by atoms with Gasteiger partial charge in [0.05, 0.1) is 13.3 Å². The molecule has 0 aliphatic heterocycles. The van der Waals surface area contributed by atoms with Gasteiger partial charge >= 0.3 is 0 Å². The molecule has 26 heavy (non-hydrogen) atoms. The van der Waals surface area contributed by atoms with E-state index in [9.17, 15) is 12.8 Å². The zero-order chi connectivity index (χ0) is 18.7. The molecule has 7 nitrogen and oxygen atoms in total. The third-order valence-corrected chi connectivity index (χ3v) is 5.14. The van der Waals surface area contributed by atoms with E-state index in [0.717, 1.165) is 23.3 Å². The first kappa shape index (κ1) is 18.0. The standard InChI is InChI=1S/C17H17FN4O3S/c1-22-11-14(10-20-22)13-5-12(7-19-9-13)8-21-26(23,24)17-6-15(18)3-4-16(17)25-2/h3-7,9-11,21H,8H2,1-2H3. The molecule has 0 spiro atoms. The highest BCUT2D eigenvalue weighted by atomic mass is 32.2. The minimum Gasteiger partial charge on any atom is -0.495 e. The van der Waals surface area contributed by atoms with Crippen LogP contribution >= 0.6 is 0 Å². The summed E-state index contributed by atoms with van der Waals surface area (Å²) in [5, 5.41) is 4.10. The van der Waals surface area contributed by atoms with Gasteiger partial charge in [0, 0.05) is 43.3 Å². The van der Waals surface area contributed by atoms with Gasteiger partial charge in [0.2, 0.25) is 10.0 Å². The lowest BCUT2D eigenvalue weighted by molar-refractivity contribution is 0.400. The molecule has 2 heterocycles. The van der Waals surface area contributed by atoms with Crippen LogP contribution in [0.15, 0.2) is 53.9 Å². The number of ether oxygens (including phenoxy) is 1. The van der Waals surface area contributed by atoms with Crippen molar-refractivity contribution in [2.45, 2.75) is 11.4 Å². The Bertz CT molecular complexity index is 1030. The second-order valence-corrected chi connectivity index (χ2v) is 7.34. The molecule has 136 valence electrons. The summed E-state index contributed by atoms with van der Waals surface area (Å²) in [6.45, 7) is 0.00308. The summed E-state index contributed by atoms with van der Waals surface area (Å²) in [5.41, 5.74) is 2.35. The Kier molecular flexibility index (Phi) is 5.01. The molecule has 0 aliphatic carbocycles. The molecule has 9 heteroatoms. The Morgan fingerprint density at radius 3 is 2.69 bits per heavy atom. The Hall–Kier alpha value is -2.78. The van der Waals surface area contributed by atoms with Gasteiger partial charge in [-0.2, -0.15) is 5.10 Å². The monoisotopic (exact) mass is 376 g/mol. The molecule has 0 amide bonds. The SMILES string of the molecule is COc1ccc(F)cc1S(=O)(=O)NCc1cncc(-c2cnn(C)c2)c1. The van der Waals surface area contributed by atoms with E-state index < -0.39 is 15.8 Å². The minimum absolute atomic E-state index is 0.00308. The molecule has 2 aromatic heterocycles. The molecule has 1 aromatic carbocycles. The highest BCUT2D eigenvalue weighted by Crippen LogP contribution is 2.24. The maximum absolute atomic E-state index is 13.5. The van der Waals surface area contributed by atoms with Gasteiger partial charge in [-0.05, 0) is 29.8 Å². The van der Waals surface area contributed by atoms with Crippen LogP contribution in [-0.4, -0.2) is 30.3 Å². The molecule has 0 saturated heterocycles. The van der Waals surface area contributed by atoms with E-state index in [4.69, 9.17) is 4.74 Å². The minimum atomic E-state index is -3.96. The van der Waals surface area contributed by atoms with Crippen molar-refractivity contribution < 1.29 is 17.5 Å². The lowest BCUT2D eigenvalue weighted by Gasteiger charge is -2.11. The molecule has 0 aliphatic rings. The fourth-order valence-electron chi connectivity index (χ4n) is 2.43. The Morgan fingerprint density at radius 2 is 2.00 bits per heavy atom. The summed E-state index contributed by atoms with van der Waals surface area (Å²) in [7, 11) is -0.823. The van der Waals surface area contributed by atoms with Crippen molar-refractivity contribution in [2.24, 2.45) is 7.05 Å². The molecule has 3 rings (SSSR count). The predicted molar refractivity (Wildman–Crippen MR) is 93.4 cm³/mol. The number of nitrogens with zero attached hydrogens (tertiary/aromatic N) is 3. The molecule has 0 saturated carbocycles. The van der Waals surface area contributed by atoms with Crippen LogP contribution in [0, 0.1) is 5.82 Å². The number of benzene rings is 1. The highest BCUT2D eigenvalue weighted by Gasteiger charge is 2.20. The van der Waals surface area contributed by atoms with Crippen LogP contribution in [0.25, 0.3) is 11.1 Å². The first-order valence-electron chi connectivity index (χ1n) is 7.65.